The first-order valence-electron chi connectivity index (χ1n) is 17.8. The Bertz CT molecular complexity index is 672. The largest absolute Gasteiger partial charge is 0.455 e. The molecule has 1 heterocycles. The first-order chi connectivity index (χ1) is 21.0. The molecule has 0 aromatic heterocycles. The van der Waals surface area contributed by atoms with Gasteiger partial charge in [-0.3, -0.25) is 9.59 Å². The first-order valence-corrected chi connectivity index (χ1v) is 17.8. The van der Waals surface area contributed by atoms with Gasteiger partial charge in [0.25, 0.3) is 0 Å². The highest BCUT2D eigenvalue weighted by Crippen LogP contribution is 2.28. The van der Waals surface area contributed by atoms with Crippen LogP contribution >= 0.6 is 0 Å². The van der Waals surface area contributed by atoms with Crippen molar-refractivity contribution >= 4 is 11.9 Å². The zero-order chi connectivity index (χ0) is 31.5. The van der Waals surface area contributed by atoms with Crippen molar-refractivity contribution in [1.82, 2.24) is 0 Å². The summed E-state index contributed by atoms with van der Waals surface area (Å²) in [5.41, 5.74) is 0. The Labute approximate surface area is 263 Å². The average Bonchev–Trinajstić information content (AvgIpc) is 3.00. The fraction of sp³-hybridized carbons (Fsp3) is 0.943. The van der Waals surface area contributed by atoms with Crippen molar-refractivity contribution in [3.05, 3.63) is 0 Å². The summed E-state index contributed by atoms with van der Waals surface area (Å²) >= 11 is 0. The standard InChI is InChI=1S/C35H66O8/c1-4-6-8-10-12-14-16-18-20-22-24-26-30(37)42-33-32(39)29(28-36)41-35(40-3)34(33)43-31(38)27-25-23-21-19-17-15-13-11-9-7-5-2/h29,32-36,39H,4-28H2,1-3H3/t29-,32-,33+,34-,35+/m1/s1. The van der Waals surface area contributed by atoms with E-state index in [4.69, 9.17) is 18.9 Å². The van der Waals surface area contributed by atoms with Crippen LogP contribution in [0.4, 0.5) is 0 Å². The fourth-order valence-corrected chi connectivity index (χ4v) is 5.78. The van der Waals surface area contributed by atoms with E-state index >= 15 is 0 Å². The van der Waals surface area contributed by atoms with E-state index in [1.54, 1.807) is 0 Å². The highest BCUT2D eigenvalue weighted by Gasteiger charge is 2.49. The van der Waals surface area contributed by atoms with Gasteiger partial charge < -0.3 is 29.2 Å². The quantitative estimate of drug-likeness (QED) is 0.0675. The number of rotatable bonds is 28. The van der Waals surface area contributed by atoms with Crippen molar-refractivity contribution < 1.29 is 38.7 Å². The number of methoxy groups -OCH3 is 1. The third kappa shape index (κ3) is 19.0. The lowest BCUT2D eigenvalue weighted by Gasteiger charge is -2.42. The summed E-state index contributed by atoms with van der Waals surface area (Å²) < 4.78 is 22.3. The zero-order valence-electron chi connectivity index (χ0n) is 27.9. The number of ether oxygens (including phenoxy) is 4. The highest BCUT2D eigenvalue weighted by molar-refractivity contribution is 5.70. The average molecular weight is 615 g/mol. The molecule has 1 rings (SSSR count). The third-order valence-corrected chi connectivity index (χ3v) is 8.53. The van der Waals surface area contributed by atoms with Crippen LogP contribution in [0.2, 0.25) is 0 Å². The smallest absolute Gasteiger partial charge is 0.306 e. The molecular weight excluding hydrogens is 548 g/mol. The van der Waals surface area contributed by atoms with E-state index in [2.05, 4.69) is 13.8 Å². The molecule has 0 aromatic carbocycles. The number of carbonyl (C=O) groups is 2. The summed E-state index contributed by atoms with van der Waals surface area (Å²) in [6, 6.07) is 0. The van der Waals surface area contributed by atoms with Crippen molar-refractivity contribution in [3.8, 4) is 0 Å². The van der Waals surface area contributed by atoms with Gasteiger partial charge in [0.2, 0.25) is 0 Å². The molecule has 0 bridgehead atoms. The minimum Gasteiger partial charge on any atom is -0.455 e. The van der Waals surface area contributed by atoms with E-state index in [1.165, 1.54) is 110 Å². The Morgan fingerprint density at radius 2 is 0.930 bits per heavy atom. The molecule has 8 heteroatoms. The van der Waals surface area contributed by atoms with Gasteiger partial charge in [-0.05, 0) is 12.8 Å². The molecule has 1 saturated heterocycles. The topological polar surface area (TPSA) is 112 Å². The normalized spacial score (nSPS) is 22.0. The number of esters is 2. The maximum Gasteiger partial charge on any atom is 0.306 e. The molecule has 1 aliphatic rings. The minimum absolute atomic E-state index is 0.224. The number of aliphatic hydroxyl groups is 2. The summed E-state index contributed by atoms with van der Waals surface area (Å²) in [5.74, 6) is -0.896. The molecule has 2 N–H and O–H groups in total. The molecule has 5 atom stereocenters. The van der Waals surface area contributed by atoms with Gasteiger partial charge in [-0.25, -0.2) is 0 Å². The second kappa shape index (κ2) is 27.1. The van der Waals surface area contributed by atoms with Gasteiger partial charge in [0, 0.05) is 20.0 Å². The summed E-state index contributed by atoms with van der Waals surface area (Å²) in [6.07, 6.45) is 20.8. The van der Waals surface area contributed by atoms with Crippen LogP contribution in [0.5, 0.6) is 0 Å². The van der Waals surface area contributed by atoms with E-state index in [0.717, 1.165) is 25.7 Å². The second-order valence-corrected chi connectivity index (χ2v) is 12.4. The molecule has 0 radical (unpaired) electrons. The molecule has 0 aliphatic carbocycles. The van der Waals surface area contributed by atoms with Crippen LogP contribution in [-0.4, -0.2) is 66.6 Å². The van der Waals surface area contributed by atoms with Crippen LogP contribution < -0.4 is 0 Å². The third-order valence-electron chi connectivity index (χ3n) is 8.53. The maximum absolute atomic E-state index is 12.7. The predicted molar refractivity (Wildman–Crippen MR) is 171 cm³/mol. The number of hydrogen-bond donors (Lipinski definition) is 2. The Morgan fingerprint density at radius 1 is 0.581 bits per heavy atom. The van der Waals surface area contributed by atoms with Crippen molar-refractivity contribution in [2.75, 3.05) is 13.7 Å². The van der Waals surface area contributed by atoms with Gasteiger partial charge in [0.05, 0.1) is 6.61 Å². The molecule has 0 unspecified atom stereocenters. The SMILES string of the molecule is CCCCCCCCCCCCCC(=O)O[C@H]1[C@@H](OC)O[C@H](CO)[C@@H](O)[C@@H]1OC(=O)CCCCCCCCCCCCC. The number of aliphatic hydroxyl groups excluding tert-OH is 2. The molecule has 0 saturated carbocycles. The van der Waals surface area contributed by atoms with Crippen LogP contribution in [0, 0.1) is 0 Å². The van der Waals surface area contributed by atoms with Crippen LogP contribution in [0.25, 0.3) is 0 Å². The zero-order valence-corrected chi connectivity index (χ0v) is 27.9. The lowest BCUT2D eigenvalue weighted by molar-refractivity contribution is -0.300. The van der Waals surface area contributed by atoms with Gasteiger partial charge in [0.1, 0.15) is 12.2 Å². The number of hydrogen-bond acceptors (Lipinski definition) is 8. The van der Waals surface area contributed by atoms with Crippen molar-refractivity contribution in [3.63, 3.8) is 0 Å². The summed E-state index contributed by atoms with van der Waals surface area (Å²) in [7, 11) is 1.39. The van der Waals surface area contributed by atoms with Gasteiger partial charge in [-0.2, -0.15) is 0 Å². The van der Waals surface area contributed by atoms with E-state index in [9.17, 15) is 19.8 Å². The molecule has 43 heavy (non-hydrogen) atoms. The van der Waals surface area contributed by atoms with Crippen LogP contribution in [0.1, 0.15) is 168 Å². The van der Waals surface area contributed by atoms with Gasteiger partial charge in [-0.15, -0.1) is 0 Å². The van der Waals surface area contributed by atoms with Crippen LogP contribution in [-0.2, 0) is 28.5 Å². The molecule has 0 aromatic rings. The summed E-state index contributed by atoms with van der Waals surface area (Å²) in [5, 5.41) is 20.5. The Morgan fingerprint density at radius 3 is 1.28 bits per heavy atom. The maximum atomic E-state index is 12.7. The van der Waals surface area contributed by atoms with Crippen LogP contribution in [0.3, 0.4) is 0 Å². The molecule has 1 aliphatic heterocycles. The van der Waals surface area contributed by atoms with Crippen molar-refractivity contribution in [2.24, 2.45) is 0 Å². The fourth-order valence-electron chi connectivity index (χ4n) is 5.78. The lowest BCUT2D eigenvalue weighted by Crippen LogP contribution is -2.61. The van der Waals surface area contributed by atoms with E-state index in [1.807, 2.05) is 0 Å². The monoisotopic (exact) mass is 614 g/mol. The molecule has 0 spiro atoms. The molecule has 254 valence electrons. The summed E-state index contributed by atoms with van der Waals surface area (Å²) in [4.78, 5) is 25.4. The Kier molecular flexibility index (Phi) is 25.1. The lowest BCUT2D eigenvalue weighted by atomic mass is 9.98. The Balaban J connectivity index is 2.38. The van der Waals surface area contributed by atoms with Gasteiger partial charge in [-0.1, -0.05) is 142 Å². The predicted octanol–water partition coefficient (Wildman–Crippen LogP) is 7.94. The Hall–Kier alpha value is -1.22. The molecule has 1 fully saturated rings. The van der Waals surface area contributed by atoms with E-state index in [0.29, 0.717) is 12.8 Å². The number of carbonyl (C=O) groups excluding carboxylic acids is 2. The minimum atomic E-state index is -1.34. The van der Waals surface area contributed by atoms with Gasteiger partial charge in [0.15, 0.2) is 18.5 Å². The molecule has 8 nitrogen and oxygen atoms in total. The number of unbranched alkanes of at least 4 members (excludes halogenated alkanes) is 20. The molecule has 0 amide bonds. The molecular formula is C35H66O8. The highest BCUT2D eigenvalue weighted by atomic mass is 16.7. The summed E-state index contributed by atoms with van der Waals surface area (Å²) in [6.45, 7) is 3.99. The van der Waals surface area contributed by atoms with Crippen molar-refractivity contribution in [2.45, 2.75) is 199 Å². The van der Waals surface area contributed by atoms with Crippen LogP contribution in [0.15, 0.2) is 0 Å². The van der Waals surface area contributed by atoms with E-state index < -0.39 is 49.3 Å². The van der Waals surface area contributed by atoms with Gasteiger partial charge >= 0.3 is 11.9 Å². The second-order valence-electron chi connectivity index (χ2n) is 12.4. The van der Waals surface area contributed by atoms with E-state index in [-0.39, 0.29) is 12.8 Å². The first kappa shape index (κ1) is 39.8. The van der Waals surface area contributed by atoms with Crippen molar-refractivity contribution in [1.29, 1.82) is 0 Å².